The number of piperidine rings is 2. The maximum Gasteiger partial charge on any atom is 0.403 e. The number of rotatable bonds is 9. The summed E-state index contributed by atoms with van der Waals surface area (Å²) in [5, 5.41) is 15.3. The number of fused-ring (bicyclic) bond motifs is 2. The molecular formula is C37H37F7N4O3. The van der Waals surface area contributed by atoms with Crippen LogP contribution in [0.4, 0.5) is 30.7 Å². The number of nitrogens with one attached hydrogen (secondary N) is 1. The lowest BCUT2D eigenvalue weighted by atomic mass is 9.76. The number of carboxylic acid groups (broad SMARTS) is 1. The fourth-order valence-corrected chi connectivity index (χ4v) is 7.50. The van der Waals surface area contributed by atoms with Gasteiger partial charge in [0.25, 0.3) is 0 Å². The summed E-state index contributed by atoms with van der Waals surface area (Å²) in [5.74, 6) is -3.12. The van der Waals surface area contributed by atoms with Gasteiger partial charge in [0.2, 0.25) is 5.91 Å². The second-order valence-corrected chi connectivity index (χ2v) is 13.5. The van der Waals surface area contributed by atoms with E-state index in [1.165, 1.54) is 0 Å². The molecule has 3 aromatic carbocycles. The van der Waals surface area contributed by atoms with Crippen LogP contribution in [0.5, 0.6) is 0 Å². The van der Waals surface area contributed by atoms with Crippen LogP contribution in [0.2, 0.25) is 0 Å². The zero-order valence-electron chi connectivity index (χ0n) is 27.5. The van der Waals surface area contributed by atoms with Gasteiger partial charge in [-0.2, -0.15) is 26.3 Å². The average molecular weight is 719 g/mol. The van der Waals surface area contributed by atoms with Gasteiger partial charge in [0.05, 0.1) is 6.54 Å². The number of hydrogen-bond acceptors (Lipinski definition) is 5. The molecule has 2 fully saturated rings. The Hall–Kier alpha value is -4.30. The monoisotopic (exact) mass is 718 g/mol. The Kier molecular flexibility index (Phi) is 10.3. The number of aliphatic carboxylic acids is 1. The molecule has 2 aliphatic rings. The fraction of sp³-hybridized carbons (Fsp3) is 0.432. The Morgan fingerprint density at radius 1 is 0.863 bits per heavy atom. The molecule has 0 aliphatic carbocycles. The first kappa shape index (κ1) is 36.5. The van der Waals surface area contributed by atoms with Gasteiger partial charge in [0.15, 0.2) is 0 Å². The van der Waals surface area contributed by atoms with Crippen molar-refractivity contribution in [3.63, 3.8) is 0 Å². The minimum absolute atomic E-state index is 0.345. The maximum absolute atomic E-state index is 14.4. The molecule has 0 spiro atoms. The Bertz CT molecular complexity index is 1910. The highest BCUT2D eigenvalue weighted by molar-refractivity contribution is 6.06. The zero-order chi connectivity index (χ0) is 36.6. The summed E-state index contributed by atoms with van der Waals surface area (Å²) < 4.78 is 96.0. The number of carboxylic acids is 1. The van der Waals surface area contributed by atoms with E-state index >= 15 is 0 Å². The molecule has 0 bridgehead atoms. The van der Waals surface area contributed by atoms with E-state index in [2.05, 4.69) is 15.2 Å². The lowest BCUT2D eigenvalue weighted by Gasteiger charge is -2.42. The van der Waals surface area contributed by atoms with Crippen LogP contribution in [-0.4, -0.2) is 89.1 Å². The molecule has 2 N–H and O–H groups in total. The van der Waals surface area contributed by atoms with Gasteiger partial charge in [-0.1, -0.05) is 48.5 Å². The van der Waals surface area contributed by atoms with Crippen LogP contribution in [0.3, 0.4) is 0 Å². The molecule has 1 aromatic heterocycles. The standard InChI is InChI=1S/C37H37F7N4O3/c38-25-5-3-15-48(21-25)20-24-9-10-30(31-19-45-14-11-27(24)31)29-8-2-6-26-23(4-1-7-28(26)29)18-32(33(49)50)46-34(51)35(37(42,43)44)12-16-47(17-13-35)22-36(39,40)41/h1-2,4,6-11,14,19,25,32H,3,5,12-13,15-18,20-22H2,(H,46,51)(H,49,50)/t25?,32-/m0/s1. The number of alkyl halides is 7. The molecule has 272 valence electrons. The third-order valence-electron chi connectivity index (χ3n) is 10.2. The smallest absolute Gasteiger partial charge is 0.403 e. The van der Waals surface area contributed by atoms with Crippen molar-refractivity contribution in [3.8, 4) is 11.1 Å². The first-order valence-electron chi connectivity index (χ1n) is 16.8. The van der Waals surface area contributed by atoms with Crippen LogP contribution < -0.4 is 5.32 Å². The molecule has 6 rings (SSSR count). The third kappa shape index (κ3) is 7.81. The van der Waals surface area contributed by atoms with Crippen molar-refractivity contribution in [2.24, 2.45) is 5.41 Å². The van der Waals surface area contributed by atoms with E-state index in [0.717, 1.165) is 50.7 Å². The van der Waals surface area contributed by atoms with Crippen molar-refractivity contribution in [3.05, 3.63) is 78.1 Å². The normalized spacial score (nSPS) is 19.6. The fourth-order valence-electron chi connectivity index (χ4n) is 7.50. The first-order chi connectivity index (χ1) is 24.1. The third-order valence-corrected chi connectivity index (χ3v) is 10.2. The largest absolute Gasteiger partial charge is 0.480 e. The van der Waals surface area contributed by atoms with Gasteiger partial charge < -0.3 is 10.4 Å². The lowest BCUT2D eigenvalue weighted by molar-refractivity contribution is -0.236. The van der Waals surface area contributed by atoms with Gasteiger partial charge in [-0.3, -0.25) is 19.6 Å². The van der Waals surface area contributed by atoms with E-state index in [1.54, 1.807) is 36.7 Å². The number of amides is 1. The number of carbonyl (C=O) groups excluding carboxylic acids is 1. The summed E-state index contributed by atoms with van der Waals surface area (Å²) in [5.41, 5.74) is 0.108. The van der Waals surface area contributed by atoms with E-state index < -0.39 is 74.3 Å². The molecule has 4 aromatic rings. The summed E-state index contributed by atoms with van der Waals surface area (Å²) in [6, 6.07) is 14.8. The summed E-state index contributed by atoms with van der Waals surface area (Å²) in [6.45, 7) is -0.911. The highest BCUT2D eigenvalue weighted by Gasteiger charge is 2.61. The molecule has 2 atom stereocenters. The van der Waals surface area contributed by atoms with Crippen LogP contribution in [0, 0.1) is 5.41 Å². The first-order valence-corrected chi connectivity index (χ1v) is 16.8. The summed E-state index contributed by atoms with van der Waals surface area (Å²) in [7, 11) is 0. The van der Waals surface area contributed by atoms with E-state index in [-0.39, 0.29) is 6.42 Å². The van der Waals surface area contributed by atoms with Gasteiger partial charge >= 0.3 is 18.3 Å². The summed E-state index contributed by atoms with van der Waals surface area (Å²) in [6.07, 6.45) is -8.00. The number of halogens is 7. The Labute approximate surface area is 289 Å². The molecule has 14 heteroatoms. The second kappa shape index (κ2) is 14.4. The van der Waals surface area contributed by atoms with Crippen molar-refractivity contribution in [1.82, 2.24) is 20.1 Å². The van der Waals surface area contributed by atoms with Gasteiger partial charge in [-0.25, -0.2) is 9.18 Å². The van der Waals surface area contributed by atoms with Gasteiger partial charge in [0, 0.05) is 37.3 Å². The molecular weight excluding hydrogens is 681 g/mol. The number of pyridine rings is 1. The molecule has 3 heterocycles. The Balaban J connectivity index is 1.28. The summed E-state index contributed by atoms with van der Waals surface area (Å²) >= 11 is 0. The minimum Gasteiger partial charge on any atom is -0.480 e. The number of carbonyl (C=O) groups is 2. The van der Waals surface area contributed by atoms with Crippen LogP contribution in [0.25, 0.3) is 32.7 Å². The van der Waals surface area contributed by atoms with Crippen molar-refractivity contribution in [1.29, 1.82) is 0 Å². The highest BCUT2D eigenvalue weighted by atomic mass is 19.4. The highest BCUT2D eigenvalue weighted by Crippen LogP contribution is 2.47. The van der Waals surface area contributed by atoms with Crippen molar-refractivity contribution in [2.75, 3.05) is 32.7 Å². The topological polar surface area (TPSA) is 85.8 Å². The van der Waals surface area contributed by atoms with Crippen molar-refractivity contribution < 1.29 is 45.4 Å². The number of nitrogens with zero attached hydrogens (tertiary/aromatic N) is 3. The molecule has 0 saturated carbocycles. The van der Waals surface area contributed by atoms with Crippen LogP contribution in [0.15, 0.2) is 67.0 Å². The average Bonchev–Trinajstić information content (AvgIpc) is 3.07. The second-order valence-electron chi connectivity index (χ2n) is 13.5. The zero-order valence-corrected chi connectivity index (χ0v) is 27.5. The predicted molar refractivity (Wildman–Crippen MR) is 178 cm³/mol. The molecule has 51 heavy (non-hydrogen) atoms. The van der Waals surface area contributed by atoms with Crippen LogP contribution in [0.1, 0.15) is 36.8 Å². The molecule has 1 amide bonds. The van der Waals surface area contributed by atoms with Crippen LogP contribution >= 0.6 is 0 Å². The minimum atomic E-state index is -5.12. The Morgan fingerprint density at radius 3 is 2.24 bits per heavy atom. The van der Waals surface area contributed by atoms with E-state index in [4.69, 9.17) is 0 Å². The SMILES string of the molecule is O=C(O)[C@H](Cc1cccc2c(-c3ccc(CN4CCCC(F)C4)c4ccncc34)cccc12)NC(=O)C1(C(F)(F)F)CCN(CC(F)(F)F)CC1. The Morgan fingerprint density at radius 2 is 1.55 bits per heavy atom. The molecule has 1 unspecified atom stereocenters. The van der Waals surface area contributed by atoms with Gasteiger partial charge in [-0.15, -0.1) is 0 Å². The lowest BCUT2D eigenvalue weighted by Crippen LogP contribution is -2.59. The number of hydrogen-bond donors (Lipinski definition) is 2. The molecule has 7 nitrogen and oxygen atoms in total. The summed E-state index contributed by atoms with van der Waals surface area (Å²) in [4.78, 5) is 32.9. The molecule has 2 saturated heterocycles. The predicted octanol–water partition coefficient (Wildman–Crippen LogP) is 7.31. The van der Waals surface area contributed by atoms with Gasteiger partial charge in [0.1, 0.15) is 17.6 Å². The number of aromatic nitrogens is 1. The van der Waals surface area contributed by atoms with E-state index in [9.17, 15) is 45.4 Å². The molecule has 0 radical (unpaired) electrons. The number of benzene rings is 3. The van der Waals surface area contributed by atoms with E-state index in [1.807, 2.05) is 30.3 Å². The van der Waals surface area contributed by atoms with Gasteiger partial charge in [-0.05, 0) is 89.8 Å². The maximum atomic E-state index is 14.4. The van der Waals surface area contributed by atoms with Crippen molar-refractivity contribution >= 4 is 33.4 Å². The number of likely N-dealkylation sites (tertiary alicyclic amines) is 2. The van der Waals surface area contributed by atoms with Crippen molar-refractivity contribution in [2.45, 2.75) is 63.2 Å². The quantitative estimate of drug-likeness (QED) is 0.177. The van der Waals surface area contributed by atoms with Crippen LogP contribution in [-0.2, 0) is 22.6 Å². The molecule has 2 aliphatic heterocycles. The van der Waals surface area contributed by atoms with E-state index in [0.29, 0.717) is 30.5 Å².